The Labute approximate surface area is 131 Å². The molecule has 0 aliphatic carbocycles. The van der Waals surface area contributed by atoms with E-state index in [-0.39, 0.29) is 0 Å². The zero-order valence-electron chi connectivity index (χ0n) is 12.7. The maximum atomic E-state index is 2.26. The van der Waals surface area contributed by atoms with Gasteiger partial charge in [-0.2, -0.15) is 0 Å². The van der Waals surface area contributed by atoms with Crippen LogP contribution in [0.4, 0.5) is 0 Å². The van der Waals surface area contributed by atoms with Crippen molar-refractivity contribution >= 4 is 23.5 Å². The van der Waals surface area contributed by atoms with Gasteiger partial charge in [-0.25, -0.2) is 0 Å². The van der Waals surface area contributed by atoms with Crippen LogP contribution in [0, 0.1) is 27.7 Å². The molecule has 2 aromatic rings. The number of aryl methyl sites for hydroxylation is 4. The Bertz CT molecular complexity index is 534. The van der Waals surface area contributed by atoms with Crippen LogP contribution in [0.3, 0.4) is 0 Å². The second-order valence-electron chi connectivity index (χ2n) is 5.23. The molecule has 0 bridgehead atoms. The summed E-state index contributed by atoms with van der Waals surface area (Å²) in [6.07, 6.45) is 0. The summed E-state index contributed by atoms with van der Waals surface area (Å²) in [5, 5.41) is 0. The fourth-order valence-electron chi connectivity index (χ4n) is 2.23. The summed E-state index contributed by atoms with van der Waals surface area (Å²) >= 11 is 3.93. The van der Waals surface area contributed by atoms with Gasteiger partial charge in [0.15, 0.2) is 0 Å². The van der Waals surface area contributed by atoms with Gasteiger partial charge in [-0.05, 0) is 51.0 Å². The summed E-state index contributed by atoms with van der Waals surface area (Å²) in [7, 11) is 0. The van der Waals surface area contributed by atoms with E-state index >= 15 is 0 Å². The van der Waals surface area contributed by atoms with Gasteiger partial charge in [-0.3, -0.25) is 0 Å². The van der Waals surface area contributed by atoms with E-state index in [9.17, 15) is 0 Å². The van der Waals surface area contributed by atoms with Crippen LogP contribution < -0.4 is 0 Å². The van der Waals surface area contributed by atoms with Crippen LogP contribution in [-0.2, 0) is 0 Å². The Balaban J connectivity index is 1.84. The van der Waals surface area contributed by atoms with Crippen LogP contribution in [0.15, 0.2) is 46.2 Å². The SMILES string of the molecule is Cc1ccc(SCCSc2ccc(C)cc2C)c(C)c1. The second kappa shape index (κ2) is 7.24. The maximum Gasteiger partial charge on any atom is 0.0102 e. The van der Waals surface area contributed by atoms with Crippen molar-refractivity contribution in [2.24, 2.45) is 0 Å². The average molecular weight is 303 g/mol. The lowest BCUT2D eigenvalue weighted by molar-refractivity contribution is 1.25. The third-order valence-corrected chi connectivity index (χ3v) is 5.87. The summed E-state index contributed by atoms with van der Waals surface area (Å²) in [4.78, 5) is 2.83. The van der Waals surface area contributed by atoms with E-state index in [0.717, 1.165) is 11.5 Å². The summed E-state index contributed by atoms with van der Waals surface area (Å²) in [6, 6.07) is 13.4. The average Bonchev–Trinajstić information content (AvgIpc) is 2.39. The van der Waals surface area contributed by atoms with E-state index in [1.807, 2.05) is 23.5 Å². The van der Waals surface area contributed by atoms with E-state index in [1.54, 1.807) is 0 Å². The Kier molecular flexibility index (Phi) is 5.62. The second-order valence-corrected chi connectivity index (χ2v) is 7.51. The van der Waals surface area contributed by atoms with Gasteiger partial charge in [0.25, 0.3) is 0 Å². The predicted molar refractivity (Wildman–Crippen MR) is 93.3 cm³/mol. The molecule has 2 heteroatoms. The molecule has 0 aliphatic heterocycles. The molecule has 0 heterocycles. The maximum absolute atomic E-state index is 2.26. The van der Waals surface area contributed by atoms with Gasteiger partial charge in [0, 0.05) is 21.3 Å². The molecule has 0 nitrogen and oxygen atoms in total. The lowest BCUT2D eigenvalue weighted by Crippen LogP contribution is -1.89. The molecule has 0 radical (unpaired) electrons. The zero-order valence-corrected chi connectivity index (χ0v) is 14.3. The van der Waals surface area contributed by atoms with Crippen molar-refractivity contribution in [1.29, 1.82) is 0 Å². The highest BCUT2D eigenvalue weighted by molar-refractivity contribution is 8.03. The first-order valence-corrected chi connectivity index (χ1v) is 8.93. The van der Waals surface area contributed by atoms with Crippen LogP contribution in [-0.4, -0.2) is 11.5 Å². The van der Waals surface area contributed by atoms with Gasteiger partial charge in [0.2, 0.25) is 0 Å². The lowest BCUT2D eigenvalue weighted by Gasteiger charge is -2.08. The third-order valence-electron chi connectivity index (χ3n) is 3.26. The molecule has 0 fully saturated rings. The normalized spacial score (nSPS) is 10.8. The van der Waals surface area contributed by atoms with Crippen LogP contribution >= 0.6 is 23.5 Å². The van der Waals surface area contributed by atoms with Gasteiger partial charge < -0.3 is 0 Å². The molecular weight excluding hydrogens is 280 g/mol. The van der Waals surface area contributed by atoms with E-state index in [4.69, 9.17) is 0 Å². The summed E-state index contributed by atoms with van der Waals surface area (Å²) in [6.45, 7) is 8.70. The molecular formula is C18H22S2. The predicted octanol–water partition coefficient (Wildman–Crippen LogP) is 5.80. The third kappa shape index (κ3) is 4.32. The van der Waals surface area contributed by atoms with Crippen LogP contribution in [0.2, 0.25) is 0 Å². The molecule has 20 heavy (non-hydrogen) atoms. The highest BCUT2D eigenvalue weighted by Gasteiger charge is 2.02. The summed E-state index contributed by atoms with van der Waals surface area (Å²) in [5.74, 6) is 2.31. The van der Waals surface area contributed by atoms with Crippen LogP contribution in [0.5, 0.6) is 0 Å². The Morgan fingerprint density at radius 1 is 0.650 bits per heavy atom. The lowest BCUT2D eigenvalue weighted by atomic mass is 10.2. The summed E-state index contributed by atoms with van der Waals surface area (Å²) < 4.78 is 0. The molecule has 0 saturated heterocycles. The standard InChI is InChI=1S/C18H22S2/c1-13-5-7-17(15(3)11-13)19-9-10-20-18-8-6-14(2)12-16(18)4/h5-8,11-12H,9-10H2,1-4H3. The zero-order chi connectivity index (χ0) is 14.5. The molecule has 2 rings (SSSR count). The van der Waals surface area contributed by atoms with Crippen molar-refractivity contribution in [1.82, 2.24) is 0 Å². The van der Waals surface area contributed by atoms with E-state index < -0.39 is 0 Å². The minimum Gasteiger partial charge on any atom is -0.125 e. The molecule has 0 saturated carbocycles. The Morgan fingerprint density at radius 2 is 1.05 bits per heavy atom. The first-order valence-electron chi connectivity index (χ1n) is 6.96. The number of hydrogen-bond acceptors (Lipinski definition) is 2. The highest BCUT2D eigenvalue weighted by Crippen LogP contribution is 2.27. The molecule has 0 N–H and O–H groups in total. The van der Waals surface area contributed by atoms with E-state index in [1.165, 1.54) is 32.0 Å². The van der Waals surface area contributed by atoms with Gasteiger partial charge in [-0.1, -0.05) is 35.4 Å². The Hall–Kier alpha value is -0.860. The van der Waals surface area contributed by atoms with Crippen molar-refractivity contribution < 1.29 is 0 Å². The topological polar surface area (TPSA) is 0 Å². The van der Waals surface area contributed by atoms with Gasteiger partial charge in [0.1, 0.15) is 0 Å². The highest BCUT2D eigenvalue weighted by atomic mass is 32.2. The first-order chi connectivity index (χ1) is 9.56. The molecule has 0 atom stereocenters. The molecule has 0 amide bonds. The molecule has 0 spiro atoms. The molecule has 106 valence electrons. The van der Waals surface area contributed by atoms with E-state index in [2.05, 4.69) is 64.1 Å². The van der Waals surface area contributed by atoms with Gasteiger partial charge in [-0.15, -0.1) is 23.5 Å². The number of hydrogen-bond donors (Lipinski definition) is 0. The monoisotopic (exact) mass is 302 g/mol. The largest absolute Gasteiger partial charge is 0.125 e. The minimum atomic E-state index is 1.15. The van der Waals surface area contributed by atoms with Crippen LogP contribution in [0.25, 0.3) is 0 Å². The van der Waals surface area contributed by atoms with Crippen molar-refractivity contribution in [3.05, 3.63) is 58.7 Å². The quantitative estimate of drug-likeness (QED) is 0.505. The number of benzene rings is 2. The van der Waals surface area contributed by atoms with E-state index in [0.29, 0.717) is 0 Å². The molecule has 0 aromatic heterocycles. The van der Waals surface area contributed by atoms with Gasteiger partial charge >= 0.3 is 0 Å². The van der Waals surface area contributed by atoms with Crippen molar-refractivity contribution in [2.75, 3.05) is 11.5 Å². The van der Waals surface area contributed by atoms with Crippen molar-refractivity contribution in [3.8, 4) is 0 Å². The first kappa shape index (κ1) is 15.5. The number of rotatable bonds is 5. The molecule has 2 aromatic carbocycles. The van der Waals surface area contributed by atoms with Crippen molar-refractivity contribution in [2.45, 2.75) is 37.5 Å². The smallest absolute Gasteiger partial charge is 0.0102 e. The fraction of sp³-hybridized carbons (Fsp3) is 0.333. The Morgan fingerprint density at radius 3 is 1.40 bits per heavy atom. The van der Waals surface area contributed by atoms with Gasteiger partial charge in [0.05, 0.1) is 0 Å². The summed E-state index contributed by atoms with van der Waals surface area (Å²) in [5.41, 5.74) is 5.48. The molecule has 0 aliphatic rings. The minimum absolute atomic E-state index is 1.15. The van der Waals surface area contributed by atoms with Crippen LogP contribution in [0.1, 0.15) is 22.3 Å². The molecule has 0 unspecified atom stereocenters. The van der Waals surface area contributed by atoms with Crippen molar-refractivity contribution in [3.63, 3.8) is 0 Å². The number of thioether (sulfide) groups is 2. The fourth-order valence-corrected chi connectivity index (χ4v) is 4.23.